The number of nitrogens with zero attached hydrogens (tertiary/aromatic N) is 1. The SMILES string of the molecule is CCOC(=O)c1ccc(NC(=O)c2ccc(CS(=O)(=O)N3CCOCC3)cc2)cc1. The number of ether oxygens (including phenoxy) is 2. The molecule has 160 valence electrons. The van der Waals surface area contributed by atoms with Crippen molar-refractivity contribution in [2.75, 3.05) is 38.2 Å². The van der Waals surface area contributed by atoms with Gasteiger partial charge in [0.25, 0.3) is 5.91 Å². The van der Waals surface area contributed by atoms with Crippen LogP contribution in [0.4, 0.5) is 5.69 Å². The predicted molar refractivity (Wildman–Crippen MR) is 112 cm³/mol. The van der Waals surface area contributed by atoms with E-state index in [9.17, 15) is 18.0 Å². The molecular weight excluding hydrogens is 408 g/mol. The molecule has 1 aliphatic rings. The van der Waals surface area contributed by atoms with Gasteiger partial charge in [0.1, 0.15) is 0 Å². The molecule has 1 amide bonds. The van der Waals surface area contributed by atoms with Crippen LogP contribution in [-0.4, -0.2) is 57.5 Å². The van der Waals surface area contributed by atoms with Crippen molar-refractivity contribution in [2.24, 2.45) is 0 Å². The molecule has 2 aromatic carbocycles. The fourth-order valence-electron chi connectivity index (χ4n) is 2.99. The molecule has 30 heavy (non-hydrogen) atoms. The Morgan fingerprint density at radius 1 is 1.00 bits per heavy atom. The molecule has 0 aliphatic carbocycles. The van der Waals surface area contributed by atoms with Crippen LogP contribution in [-0.2, 0) is 25.2 Å². The van der Waals surface area contributed by atoms with Crippen molar-refractivity contribution in [3.63, 3.8) is 0 Å². The van der Waals surface area contributed by atoms with E-state index >= 15 is 0 Å². The van der Waals surface area contributed by atoms with Crippen molar-refractivity contribution < 1.29 is 27.5 Å². The molecule has 0 aromatic heterocycles. The van der Waals surface area contributed by atoms with Crippen LogP contribution in [0.3, 0.4) is 0 Å². The van der Waals surface area contributed by atoms with Gasteiger partial charge in [0.15, 0.2) is 0 Å². The summed E-state index contributed by atoms with van der Waals surface area (Å²) in [7, 11) is -3.42. The summed E-state index contributed by atoms with van der Waals surface area (Å²) in [5.41, 5.74) is 1.95. The van der Waals surface area contributed by atoms with Gasteiger partial charge in [0.2, 0.25) is 10.0 Å². The Balaban J connectivity index is 1.60. The Hall–Kier alpha value is -2.75. The van der Waals surface area contributed by atoms with Crippen LogP contribution in [0.1, 0.15) is 33.2 Å². The molecule has 0 saturated carbocycles. The molecule has 0 unspecified atom stereocenters. The Kier molecular flexibility index (Phi) is 7.20. The summed E-state index contributed by atoms with van der Waals surface area (Å²) < 4.78 is 36.5. The molecule has 0 spiro atoms. The number of nitrogens with one attached hydrogen (secondary N) is 1. The third kappa shape index (κ3) is 5.65. The highest BCUT2D eigenvalue weighted by atomic mass is 32.2. The van der Waals surface area contributed by atoms with Gasteiger partial charge in [-0.25, -0.2) is 13.2 Å². The average Bonchev–Trinajstić information content (AvgIpc) is 2.75. The van der Waals surface area contributed by atoms with Gasteiger partial charge in [-0.3, -0.25) is 4.79 Å². The number of rotatable bonds is 7. The maximum atomic E-state index is 12.5. The smallest absolute Gasteiger partial charge is 0.338 e. The number of morpholine rings is 1. The van der Waals surface area contributed by atoms with Crippen LogP contribution >= 0.6 is 0 Å². The molecule has 0 atom stereocenters. The van der Waals surface area contributed by atoms with Crippen molar-refractivity contribution in [2.45, 2.75) is 12.7 Å². The number of hydrogen-bond donors (Lipinski definition) is 1. The lowest BCUT2D eigenvalue weighted by Gasteiger charge is -2.26. The molecule has 2 aromatic rings. The van der Waals surface area contributed by atoms with E-state index in [4.69, 9.17) is 9.47 Å². The van der Waals surface area contributed by atoms with Gasteiger partial charge in [-0.1, -0.05) is 12.1 Å². The van der Waals surface area contributed by atoms with Crippen LogP contribution < -0.4 is 5.32 Å². The van der Waals surface area contributed by atoms with E-state index in [0.717, 1.165) is 0 Å². The lowest BCUT2D eigenvalue weighted by atomic mass is 10.1. The Labute approximate surface area is 175 Å². The number of anilines is 1. The molecular formula is C21H24N2O6S. The van der Waals surface area contributed by atoms with Crippen LogP contribution in [0.2, 0.25) is 0 Å². The maximum Gasteiger partial charge on any atom is 0.338 e. The molecule has 8 nitrogen and oxygen atoms in total. The summed E-state index contributed by atoms with van der Waals surface area (Å²) in [6.07, 6.45) is 0. The highest BCUT2D eigenvalue weighted by Crippen LogP contribution is 2.16. The van der Waals surface area contributed by atoms with Gasteiger partial charge in [-0.2, -0.15) is 4.31 Å². The number of carbonyl (C=O) groups excluding carboxylic acids is 2. The third-order valence-electron chi connectivity index (χ3n) is 4.58. The minimum Gasteiger partial charge on any atom is -0.462 e. The normalized spacial score (nSPS) is 14.8. The summed E-state index contributed by atoms with van der Waals surface area (Å²) in [5, 5.41) is 2.74. The second kappa shape index (κ2) is 9.84. The van der Waals surface area contributed by atoms with Crippen molar-refractivity contribution >= 4 is 27.6 Å². The first-order valence-electron chi connectivity index (χ1n) is 9.62. The van der Waals surface area contributed by atoms with Gasteiger partial charge in [0, 0.05) is 24.3 Å². The maximum absolute atomic E-state index is 12.5. The van der Waals surface area contributed by atoms with E-state index in [1.807, 2.05) is 0 Å². The fraction of sp³-hybridized carbons (Fsp3) is 0.333. The van der Waals surface area contributed by atoms with E-state index in [1.165, 1.54) is 4.31 Å². The second-order valence-electron chi connectivity index (χ2n) is 6.72. The van der Waals surface area contributed by atoms with Gasteiger partial charge in [0.05, 0.1) is 31.1 Å². The summed E-state index contributed by atoms with van der Waals surface area (Å²) in [6.45, 7) is 3.55. The first-order valence-corrected chi connectivity index (χ1v) is 11.2. The average molecular weight is 432 g/mol. The van der Waals surface area contributed by atoms with Crippen molar-refractivity contribution in [3.8, 4) is 0 Å². The zero-order chi connectivity index (χ0) is 21.6. The lowest BCUT2D eigenvalue weighted by molar-refractivity contribution is 0.0526. The monoisotopic (exact) mass is 432 g/mol. The van der Waals surface area contributed by atoms with Gasteiger partial charge >= 0.3 is 5.97 Å². The van der Waals surface area contributed by atoms with Gasteiger partial charge in [-0.15, -0.1) is 0 Å². The molecule has 1 N–H and O–H groups in total. The number of carbonyl (C=O) groups is 2. The molecule has 0 bridgehead atoms. The highest BCUT2D eigenvalue weighted by Gasteiger charge is 2.24. The number of esters is 1. The number of sulfonamides is 1. The summed E-state index contributed by atoms with van der Waals surface area (Å²) >= 11 is 0. The first kappa shape index (κ1) is 21.9. The molecule has 0 radical (unpaired) electrons. The van der Waals surface area contributed by atoms with Crippen molar-refractivity contribution in [1.82, 2.24) is 4.31 Å². The topological polar surface area (TPSA) is 102 Å². The van der Waals surface area contributed by atoms with E-state index in [2.05, 4.69) is 5.32 Å². The van der Waals surface area contributed by atoms with E-state index < -0.39 is 16.0 Å². The summed E-state index contributed by atoms with van der Waals surface area (Å²) in [6, 6.07) is 12.8. The Bertz CT molecular complexity index is 981. The van der Waals surface area contributed by atoms with Gasteiger partial charge < -0.3 is 14.8 Å². The number of benzene rings is 2. The molecule has 3 rings (SSSR count). The van der Waals surface area contributed by atoms with Crippen LogP contribution in [0.5, 0.6) is 0 Å². The number of amides is 1. The predicted octanol–water partition coefficient (Wildman–Crippen LogP) is 2.28. The minimum atomic E-state index is -3.42. The molecule has 9 heteroatoms. The van der Waals surface area contributed by atoms with Crippen LogP contribution in [0, 0.1) is 0 Å². The molecule has 1 aliphatic heterocycles. The molecule has 1 saturated heterocycles. The molecule has 1 fully saturated rings. The second-order valence-corrected chi connectivity index (χ2v) is 8.69. The zero-order valence-electron chi connectivity index (χ0n) is 16.7. The third-order valence-corrected chi connectivity index (χ3v) is 6.43. The summed E-state index contributed by atoms with van der Waals surface area (Å²) in [5.74, 6) is -0.871. The highest BCUT2D eigenvalue weighted by molar-refractivity contribution is 7.88. The van der Waals surface area contributed by atoms with E-state index in [0.29, 0.717) is 55.3 Å². The summed E-state index contributed by atoms with van der Waals surface area (Å²) in [4.78, 5) is 24.1. The van der Waals surface area contributed by atoms with Gasteiger partial charge in [-0.05, 0) is 48.9 Å². The van der Waals surface area contributed by atoms with E-state index in [-0.39, 0.29) is 11.7 Å². The largest absolute Gasteiger partial charge is 0.462 e. The molecule has 1 heterocycles. The Morgan fingerprint density at radius 2 is 1.60 bits per heavy atom. The quantitative estimate of drug-likeness (QED) is 0.674. The zero-order valence-corrected chi connectivity index (χ0v) is 17.5. The lowest BCUT2D eigenvalue weighted by Crippen LogP contribution is -2.41. The van der Waals surface area contributed by atoms with Crippen LogP contribution in [0.25, 0.3) is 0 Å². The van der Waals surface area contributed by atoms with Crippen molar-refractivity contribution in [3.05, 3.63) is 65.2 Å². The first-order chi connectivity index (χ1) is 14.4. The van der Waals surface area contributed by atoms with Crippen LogP contribution in [0.15, 0.2) is 48.5 Å². The van der Waals surface area contributed by atoms with Crippen molar-refractivity contribution in [1.29, 1.82) is 0 Å². The van der Waals surface area contributed by atoms with E-state index in [1.54, 1.807) is 55.5 Å². The number of hydrogen-bond acceptors (Lipinski definition) is 6. The minimum absolute atomic E-state index is 0.121. The fourth-order valence-corrected chi connectivity index (χ4v) is 4.49. The Morgan fingerprint density at radius 3 is 2.20 bits per heavy atom. The standard InChI is InChI=1S/C21H24N2O6S/c1-2-29-21(25)18-7-9-19(10-8-18)22-20(24)17-5-3-16(4-6-17)15-30(26,27)23-11-13-28-14-12-23/h3-10H,2,11-15H2,1H3,(H,22,24).